The van der Waals surface area contributed by atoms with Crippen LogP contribution < -0.4 is 16.0 Å². The Labute approximate surface area is 107 Å². The summed E-state index contributed by atoms with van der Waals surface area (Å²) in [7, 11) is -1.98. The molecule has 0 saturated heterocycles. The second-order valence-electron chi connectivity index (χ2n) is 3.83. The SMILES string of the molecule is COCCC(C)NS(=O)(=O)c1ccc(NN)nc1. The molecule has 0 saturated carbocycles. The largest absolute Gasteiger partial charge is 0.385 e. The number of nitrogens with one attached hydrogen (secondary N) is 2. The molecule has 0 bridgehead atoms. The number of nitrogens with zero attached hydrogens (tertiary/aromatic N) is 1. The van der Waals surface area contributed by atoms with Crippen LogP contribution in [0.25, 0.3) is 0 Å². The van der Waals surface area contributed by atoms with Gasteiger partial charge in [0.05, 0.1) is 0 Å². The van der Waals surface area contributed by atoms with Crippen LogP contribution in [-0.4, -0.2) is 33.2 Å². The highest BCUT2D eigenvalue weighted by Gasteiger charge is 2.17. The summed E-state index contributed by atoms with van der Waals surface area (Å²) in [5, 5.41) is 0. The average molecular weight is 274 g/mol. The van der Waals surface area contributed by atoms with Crippen LogP contribution in [0.3, 0.4) is 0 Å². The van der Waals surface area contributed by atoms with Gasteiger partial charge in [0.1, 0.15) is 10.7 Å². The standard InChI is InChI=1S/C10H18N4O3S/c1-8(5-6-17-2)14-18(15,16)9-3-4-10(13-11)12-7-9/h3-4,7-8,14H,5-6,11H2,1-2H3,(H,12,13). The lowest BCUT2D eigenvalue weighted by Gasteiger charge is -2.13. The molecule has 7 nitrogen and oxygen atoms in total. The van der Waals surface area contributed by atoms with Crippen molar-refractivity contribution in [3.63, 3.8) is 0 Å². The number of methoxy groups -OCH3 is 1. The second-order valence-corrected chi connectivity index (χ2v) is 5.54. The summed E-state index contributed by atoms with van der Waals surface area (Å²) < 4.78 is 31.4. The predicted molar refractivity (Wildman–Crippen MR) is 68.3 cm³/mol. The number of pyridine rings is 1. The third kappa shape index (κ3) is 4.22. The normalized spacial score (nSPS) is 13.3. The van der Waals surface area contributed by atoms with Gasteiger partial charge in [0.2, 0.25) is 10.0 Å². The molecule has 0 aliphatic rings. The zero-order valence-electron chi connectivity index (χ0n) is 10.4. The van der Waals surface area contributed by atoms with Gasteiger partial charge in [-0.1, -0.05) is 0 Å². The molecule has 0 aliphatic carbocycles. The first kappa shape index (κ1) is 14.8. The number of nitrogens with two attached hydrogens (primary N) is 1. The van der Waals surface area contributed by atoms with E-state index in [0.29, 0.717) is 18.8 Å². The molecule has 18 heavy (non-hydrogen) atoms. The van der Waals surface area contributed by atoms with E-state index in [1.165, 1.54) is 18.3 Å². The fraction of sp³-hybridized carbons (Fsp3) is 0.500. The topological polar surface area (TPSA) is 106 Å². The van der Waals surface area contributed by atoms with Gasteiger partial charge in [-0.3, -0.25) is 0 Å². The summed E-state index contributed by atoms with van der Waals surface area (Å²) in [6, 6.07) is 2.73. The highest BCUT2D eigenvalue weighted by atomic mass is 32.2. The van der Waals surface area contributed by atoms with Gasteiger partial charge in [0.15, 0.2) is 0 Å². The number of rotatable bonds is 7. The van der Waals surface area contributed by atoms with E-state index >= 15 is 0 Å². The Balaban J connectivity index is 2.73. The fourth-order valence-corrected chi connectivity index (χ4v) is 2.53. The van der Waals surface area contributed by atoms with Crippen molar-refractivity contribution >= 4 is 15.8 Å². The van der Waals surface area contributed by atoms with Crippen molar-refractivity contribution in [3.8, 4) is 0 Å². The Morgan fingerprint density at radius 3 is 2.72 bits per heavy atom. The quantitative estimate of drug-likeness (QED) is 0.480. The molecule has 0 fully saturated rings. The molecule has 0 aromatic carbocycles. The molecular formula is C10H18N4O3S. The molecule has 0 aliphatic heterocycles. The third-order valence-corrected chi connectivity index (χ3v) is 3.88. The number of sulfonamides is 1. The van der Waals surface area contributed by atoms with E-state index < -0.39 is 10.0 Å². The number of ether oxygens (including phenoxy) is 1. The van der Waals surface area contributed by atoms with Gasteiger partial charge in [-0.2, -0.15) is 0 Å². The lowest BCUT2D eigenvalue weighted by atomic mass is 10.3. The first-order chi connectivity index (χ1) is 8.49. The molecule has 1 rings (SSSR count). The number of anilines is 1. The minimum Gasteiger partial charge on any atom is -0.385 e. The van der Waals surface area contributed by atoms with E-state index in [4.69, 9.17) is 10.6 Å². The molecular weight excluding hydrogens is 256 g/mol. The Morgan fingerprint density at radius 1 is 1.50 bits per heavy atom. The number of hydrazine groups is 1. The van der Waals surface area contributed by atoms with Crippen LogP contribution in [0.4, 0.5) is 5.82 Å². The minimum absolute atomic E-state index is 0.103. The molecule has 0 spiro atoms. The van der Waals surface area contributed by atoms with Gasteiger partial charge in [-0.05, 0) is 25.5 Å². The van der Waals surface area contributed by atoms with Crippen molar-refractivity contribution in [2.45, 2.75) is 24.3 Å². The van der Waals surface area contributed by atoms with Gasteiger partial charge in [0, 0.05) is 26.0 Å². The predicted octanol–water partition coefficient (Wildman–Crippen LogP) is 0.0705. The van der Waals surface area contributed by atoms with Crippen LogP contribution in [0.2, 0.25) is 0 Å². The highest BCUT2D eigenvalue weighted by molar-refractivity contribution is 7.89. The van der Waals surface area contributed by atoms with Gasteiger partial charge >= 0.3 is 0 Å². The van der Waals surface area contributed by atoms with E-state index in [-0.39, 0.29) is 10.9 Å². The van der Waals surface area contributed by atoms with Crippen LogP contribution >= 0.6 is 0 Å². The maximum absolute atomic E-state index is 12.0. The van der Waals surface area contributed by atoms with Crippen molar-refractivity contribution < 1.29 is 13.2 Å². The lowest BCUT2D eigenvalue weighted by molar-refractivity contribution is 0.188. The third-order valence-electron chi connectivity index (χ3n) is 2.31. The molecule has 0 amide bonds. The molecule has 0 radical (unpaired) electrons. The smallest absolute Gasteiger partial charge is 0.242 e. The average Bonchev–Trinajstić information content (AvgIpc) is 2.36. The molecule has 1 heterocycles. The molecule has 1 unspecified atom stereocenters. The van der Waals surface area contributed by atoms with E-state index in [0.717, 1.165) is 0 Å². The Bertz CT molecular complexity index is 461. The Kier molecular flexibility index (Phi) is 5.48. The van der Waals surface area contributed by atoms with Gasteiger partial charge in [-0.25, -0.2) is 24.0 Å². The molecule has 1 aromatic rings. The Morgan fingerprint density at radius 2 is 2.22 bits per heavy atom. The highest BCUT2D eigenvalue weighted by Crippen LogP contribution is 2.10. The first-order valence-electron chi connectivity index (χ1n) is 5.43. The van der Waals surface area contributed by atoms with Crippen molar-refractivity contribution in [1.82, 2.24) is 9.71 Å². The number of nitrogen functional groups attached to an aromatic ring is 1. The van der Waals surface area contributed by atoms with E-state index in [1.807, 2.05) is 0 Å². The number of hydrogen-bond donors (Lipinski definition) is 3. The van der Waals surface area contributed by atoms with E-state index in [9.17, 15) is 8.42 Å². The zero-order chi connectivity index (χ0) is 13.6. The minimum atomic E-state index is -3.55. The van der Waals surface area contributed by atoms with Crippen molar-refractivity contribution in [1.29, 1.82) is 0 Å². The van der Waals surface area contributed by atoms with Crippen LogP contribution in [0.1, 0.15) is 13.3 Å². The summed E-state index contributed by atoms with van der Waals surface area (Å²) in [6.07, 6.45) is 1.85. The van der Waals surface area contributed by atoms with Crippen molar-refractivity contribution in [2.75, 3.05) is 19.1 Å². The summed E-state index contributed by atoms with van der Waals surface area (Å²) in [5.74, 6) is 5.56. The summed E-state index contributed by atoms with van der Waals surface area (Å²) in [5.41, 5.74) is 2.33. The van der Waals surface area contributed by atoms with Crippen LogP contribution in [0, 0.1) is 0 Å². The van der Waals surface area contributed by atoms with Crippen LogP contribution in [0.5, 0.6) is 0 Å². The van der Waals surface area contributed by atoms with Crippen molar-refractivity contribution in [2.24, 2.45) is 5.84 Å². The summed E-state index contributed by atoms with van der Waals surface area (Å²) >= 11 is 0. The fourth-order valence-electron chi connectivity index (χ4n) is 1.31. The van der Waals surface area contributed by atoms with Crippen molar-refractivity contribution in [3.05, 3.63) is 18.3 Å². The number of hydrogen-bond acceptors (Lipinski definition) is 6. The molecule has 1 aromatic heterocycles. The van der Waals surface area contributed by atoms with Gasteiger partial charge < -0.3 is 10.2 Å². The van der Waals surface area contributed by atoms with E-state index in [1.54, 1.807) is 14.0 Å². The number of aromatic nitrogens is 1. The zero-order valence-corrected chi connectivity index (χ0v) is 11.2. The summed E-state index contributed by atoms with van der Waals surface area (Å²) in [6.45, 7) is 2.28. The second kappa shape index (κ2) is 6.64. The van der Waals surface area contributed by atoms with Gasteiger partial charge in [0.25, 0.3) is 0 Å². The maximum atomic E-state index is 12.0. The van der Waals surface area contributed by atoms with E-state index in [2.05, 4.69) is 15.1 Å². The first-order valence-corrected chi connectivity index (χ1v) is 6.92. The van der Waals surface area contributed by atoms with Crippen LogP contribution in [0.15, 0.2) is 23.2 Å². The lowest BCUT2D eigenvalue weighted by Crippen LogP contribution is -2.33. The monoisotopic (exact) mass is 274 g/mol. The molecule has 4 N–H and O–H groups in total. The maximum Gasteiger partial charge on any atom is 0.242 e. The molecule has 102 valence electrons. The molecule has 8 heteroatoms. The molecule has 1 atom stereocenters. The summed E-state index contributed by atoms with van der Waals surface area (Å²) in [4.78, 5) is 3.96. The van der Waals surface area contributed by atoms with Crippen LogP contribution in [-0.2, 0) is 14.8 Å². The Hall–Kier alpha value is -1.22. The van der Waals surface area contributed by atoms with Gasteiger partial charge in [-0.15, -0.1) is 0 Å².